The number of tetrazole rings is 1. The van der Waals surface area contributed by atoms with Gasteiger partial charge in [0.05, 0.1) is 6.04 Å². The summed E-state index contributed by atoms with van der Waals surface area (Å²) < 4.78 is 0. The Bertz CT molecular complexity index is 750. The molecule has 1 aliphatic carbocycles. The third-order valence-corrected chi connectivity index (χ3v) is 6.73. The van der Waals surface area contributed by atoms with Gasteiger partial charge in [0.1, 0.15) is 12.1 Å². The number of rotatable bonds is 5. The van der Waals surface area contributed by atoms with Gasteiger partial charge in [0, 0.05) is 13.1 Å². The highest BCUT2D eigenvalue weighted by Crippen LogP contribution is 2.40. The monoisotopic (exact) mass is 464 g/mol. The second-order valence-electron chi connectivity index (χ2n) is 8.59. The van der Waals surface area contributed by atoms with Crippen LogP contribution in [-0.2, 0) is 9.59 Å². The number of carbonyl (C=O) groups is 2. The quantitative estimate of drug-likeness (QED) is 0.582. The second-order valence-corrected chi connectivity index (χ2v) is 8.59. The minimum Gasteiger partial charge on any atom is -0.480 e. The molecule has 170 valence electrons. The third kappa shape index (κ3) is 5.22. The van der Waals surface area contributed by atoms with Crippen LogP contribution in [0.5, 0.6) is 0 Å². The molecule has 2 aliphatic heterocycles. The summed E-state index contributed by atoms with van der Waals surface area (Å²) in [7, 11) is 0. The first-order chi connectivity index (χ1) is 13.4. The Morgan fingerprint density at radius 2 is 1.87 bits per heavy atom. The summed E-state index contributed by atoms with van der Waals surface area (Å²) in [5.74, 6) is 0.353. The molecule has 3 aliphatic rings. The number of aryl methyl sites for hydroxylation is 1. The Balaban J connectivity index is 0.00000160. The molecule has 10 nitrogen and oxygen atoms in total. The standard InChI is InChI=1S/C18H28N6O4.2ClH/c1-10-20-22-24(21-10)14-6-16(18(27)28)23(9-14)8-11-2-3-12-7-19-15(17(25)26)5-13(12)4-11;;/h11-16,19H,2-9H2,1H3,(H,25,26)(H,27,28);2*1H. The Kier molecular flexibility index (Phi) is 8.43. The average Bonchev–Trinajstić information content (AvgIpc) is 3.27. The summed E-state index contributed by atoms with van der Waals surface area (Å²) in [6, 6.07) is -1.06. The fraction of sp³-hybridized carbons (Fsp3) is 0.833. The van der Waals surface area contributed by atoms with Crippen molar-refractivity contribution in [1.82, 2.24) is 30.4 Å². The Labute approximate surface area is 187 Å². The SMILES string of the molecule is Cc1nnn(C2CC(C(=O)O)N(CC3CCC4CNC(C(=O)O)CC4C3)C2)n1.Cl.Cl. The van der Waals surface area contributed by atoms with Gasteiger partial charge >= 0.3 is 11.9 Å². The van der Waals surface area contributed by atoms with Crippen LogP contribution in [-0.4, -0.2) is 79.0 Å². The van der Waals surface area contributed by atoms with Gasteiger partial charge in [-0.25, -0.2) is 0 Å². The molecule has 4 rings (SSSR count). The number of hydrogen-bond donors (Lipinski definition) is 3. The van der Waals surface area contributed by atoms with Crippen LogP contribution in [0.1, 0.15) is 44.0 Å². The predicted molar refractivity (Wildman–Crippen MR) is 112 cm³/mol. The lowest BCUT2D eigenvalue weighted by Crippen LogP contribution is -2.50. The van der Waals surface area contributed by atoms with E-state index in [1.807, 2.05) is 4.90 Å². The van der Waals surface area contributed by atoms with Gasteiger partial charge in [-0.2, -0.15) is 4.80 Å². The summed E-state index contributed by atoms with van der Waals surface area (Å²) in [6.07, 6.45) is 4.27. The number of hydrogen-bond acceptors (Lipinski definition) is 7. The van der Waals surface area contributed by atoms with Crippen LogP contribution in [0.4, 0.5) is 0 Å². The molecule has 3 N–H and O–H groups in total. The highest BCUT2D eigenvalue weighted by molar-refractivity contribution is 5.85. The van der Waals surface area contributed by atoms with E-state index in [9.17, 15) is 19.8 Å². The number of fused-ring (bicyclic) bond motifs is 1. The van der Waals surface area contributed by atoms with Gasteiger partial charge in [-0.15, -0.1) is 35.0 Å². The zero-order valence-corrected chi connectivity index (χ0v) is 18.5. The van der Waals surface area contributed by atoms with Crippen LogP contribution in [0.2, 0.25) is 0 Å². The highest BCUT2D eigenvalue weighted by Gasteiger charge is 2.42. The van der Waals surface area contributed by atoms with E-state index >= 15 is 0 Å². The van der Waals surface area contributed by atoms with E-state index in [2.05, 4.69) is 20.7 Å². The molecule has 0 amide bonds. The minimum atomic E-state index is -0.805. The van der Waals surface area contributed by atoms with Crippen molar-refractivity contribution < 1.29 is 19.8 Å². The summed E-state index contributed by atoms with van der Waals surface area (Å²) in [5.41, 5.74) is 0. The molecule has 0 radical (unpaired) electrons. The Morgan fingerprint density at radius 3 is 2.50 bits per heavy atom. The molecule has 0 bridgehead atoms. The molecule has 6 unspecified atom stereocenters. The maximum absolute atomic E-state index is 11.8. The number of carboxylic acid groups (broad SMARTS) is 2. The molecule has 1 saturated carbocycles. The first-order valence-corrected chi connectivity index (χ1v) is 10.1. The van der Waals surface area contributed by atoms with Crippen molar-refractivity contribution in [2.45, 2.75) is 57.2 Å². The number of halogens is 2. The van der Waals surface area contributed by atoms with Crippen molar-refractivity contribution in [3.63, 3.8) is 0 Å². The van der Waals surface area contributed by atoms with Crippen molar-refractivity contribution in [1.29, 1.82) is 0 Å². The third-order valence-electron chi connectivity index (χ3n) is 6.73. The number of aromatic nitrogens is 4. The summed E-state index contributed by atoms with van der Waals surface area (Å²) in [5, 5.41) is 34.3. The zero-order valence-electron chi connectivity index (χ0n) is 16.9. The number of piperidine rings is 1. The number of aliphatic carboxylic acids is 2. The largest absolute Gasteiger partial charge is 0.480 e. The summed E-state index contributed by atoms with van der Waals surface area (Å²) in [6.45, 7) is 3.88. The van der Waals surface area contributed by atoms with Crippen LogP contribution < -0.4 is 5.32 Å². The molecule has 0 aromatic carbocycles. The van der Waals surface area contributed by atoms with Crippen molar-refractivity contribution in [2.24, 2.45) is 17.8 Å². The van der Waals surface area contributed by atoms with Crippen molar-refractivity contribution in [2.75, 3.05) is 19.6 Å². The number of nitrogens with zero attached hydrogens (tertiary/aromatic N) is 5. The lowest BCUT2D eigenvalue weighted by molar-refractivity contribution is -0.143. The molecule has 3 fully saturated rings. The molecular formula is C18H30Cl2N6O4. The Hall–Kier alpha value is -1.49. The number of carboxylic acids is 2. The van der Waals surface area contributed by atoms with Gasteiger partial charge in [-0.1, -0.05) is 0 Å². The van der Waals surface area contributed by atoms with E-state index < -0.39 is 24.0 Å². The van der Waals surface area contributed by atoms with Gasteiger partial charge in [0.25, 0.3) is 0 Å². The first-order valence-electron chi connectivity index (χ1n) is 10.1. The van der Waals surface area contributed by atoms with Crippen molar-refractivity contribution in [3.8, 4) is 0 Å². The molecule has 2 saturated heterocycles. The molecule has 1 aromatic rings. The molecule has 30 heavy (non-hydrogen) atoms. The van der Waals surface area contributed by atoms with E-state index in [0.29, 0.717) is 43.0 Å². The Morgan fingerprint density at radius 1 is 1.10 bits per heavy atom. The normalized spacial score (nSPS) is 33.8. The van der Waals surface area contributed by atoms with Gasteiger partial charge in [0.15, 0.2) is 5.82 Å². The minimum absolute atomic E-state index is 0. The number of nitrogens with one attached hydrogen (secondary N) is 1. The predicted octanol–water partition coefficient (Wildman–Crippen LogP) is 1.00. The van der Waals surface area contributed by atoms with Crippen molar-refractivity contribution >= 4 is 36.8 Å². The van der Waals surface area contributed by atoms with Gasteiger partial charge in [-0.05, 0) is 68.5 Å². The van der Waals surface area contributed by atoms with Gasteiger partial charge in [0.2, 0.25) is 0 Å². The lowest BCUT2D eigenvalue weighted by atomic mass is 9.69. The fourth-order valence-corrected chi connectivity index (χ4v) is 5.31. The summed E-state index contributed by atoms with van der Waals surface area (Å²) in [4.78, 5) is 26.7. The van der Waals surface area contributed by atoms with Crippen LogP contribution in [0, 0.1) is 24.7 Å². The first kappa shape index (κ1) is 24.8. The maximum Gasteiger partial charge on any atom is 0.321 e. The lowest BCUT2D eigenvalue weighted by Gasteiger charge is -2.42. The second kappa shape index (κ2) is 10.2. The zero-order chi connectivity index (χ0) is 19.8. The van der Waals surface area contributed by atoms with Crippen molar-refractivity contribution in [3.05, 3.63) is 5.82 Å². The molecule has 12 heteroatoms. The molecule has 0 spiro atoms. The van der Waals surface area contributed by atoms with Gasteiger partial charge in [-0.3, -0.25) is 14.5 Å². The van der Waals surface area contributed by atoms with Crippen LogP contribution in [0.15, 0.2) is 0 Å². The van der Waals surface area contributed by atoms with Crippen LogP contribution >= 0.6 is 24.8 Å². The fourth-order valence-electron chi connectivity index (χ4n) is 5.31. The van der Waals surface area contributed by atoms with Crippen LogP contribution in [0.3, 0.4) is 0 Å². The average molecular weight is 465 g/mol. The van der Waals surface area contributed by atoms with Crippen LogP contribution in [0.25, 0.3) is 0 Å². The topological polar surface area (TPSA) is 133 Å². The molecule has 3 heterocycles. The van der Waals surface area contributed by atoms with E-state index in [1.54, 1.807) is 11.7 Å². The smallest absolute Gasteiger partial charge is 0.321 e. The maximum atomic E-state index is 11.8. The van der Waals surface area contributed by atoms with Gasteiger partial charge < -0.3 is 15.5 Å². The molecular weight excluding hydrogens is 435 g/mol. The van der Waals surface area contributed by atoms with E-state index in [-0.39, 0.29) is 30.9 Å². The summed E-state index contributed by atoms with van der Waals surface area (Å²) >= 11 is 0. The van der Waals surface area contributed by atoms with E-state index in [1.165, 1.54) is 0 Å². The molecule has 1 aromatic heterocycles. The van der Waals surface area contributed by atoms with E-state index in [0.717, 1.165) is 32.4 Å². The number of likely N-dealkylation sites (tertiary alicyclic amines) is 1. The molecule has 6 atom stereocenters. The highest BCUT2D eigenvalue weighted by atomic mass is 35.5. The van der Waals surface area contributed by atoms with E-state index in [4.69, 9.17) is 0 Å².